The zero-order chi connectivity index (χ0) is 19.3. The van der Waals surface area contributed by atoms with Crippen molar-refractivity contribution in [1.82, 2.24) is 19.9 Å². The van der Waals surface area contributed by atoms with Crippen LogP contribution in [-0.4, -0.2) is 27.0 Å². The second kappa shape index (κ2) is 7.74. The molecule has 0 radical (unpaired) electrons. The lowest BCUT2D eigenvalue weighted by atomic mass is 10.1. The van der Waals surface area contributed by atoms with Gasteiger partial charge in [-0.05, 0) is 30.3 Å². The number of nitrogens with zero attached hydrogens (tertiary/aromatic N) is 3. The van der Waals surface area contributed by atoms with Crippen LogP contribution >= 0.6 is 0 Å². The molecule has 5 nitrogen and oxygen atoms in total. The number of hydrogen-bond donors (Lipinski definition) is 1. The Morgan fingerprint density at radius 1 is 1.22 bits per heavy atom. The third kappa shape index (κ3) is 4.73. The normalized spacial score (nSPS) is 10.8. The molecule has 0 bridgehead atoms. The second-order valence-corrected chi connectivity index (χ2v) is 5.44. The van der Waals surface area contributed by atoms with E-state index in [4.69, 9.17) is 0 Å². The van der Waals surface area contributed by atoms with Crippen molar-refractivity contribution in [2.45, 2.75) is 6.18 Å². The number of nitrogens with one attached hydrogen (secondary N) is 1. The van der Waals surface area contributed by atoms with Gasteiger partial charge in [-0.2, -0.15) is 13.2 Å². The fourth-order valence-electron chi connectivity index (χ4n) is 2.21. The molecule has 0 atom stereocenters. The summed E-state index contributed by atoms with van der Waals surface area (Å²) < 4.78 is 39.7. The van der Waals surface area contributed by atoms with Crippen molar-refractivity contribution >= 4 is 5.91 Å². The first kappa shape index (κ1) is 18.2. The van der Waals surface area contributed by atoms with Crippen LogP contribution in [0.2, 0.25) is 0 Å². The summed E-state index contributed by atoms with van der Waals surface area (Å²) in [6.07, 6.45) is 1.94. The van der Waals surface area contributed by atoms with Crippen LogP contribution in [0.15, 0.2) is 61.3 Å². The second-order valence-electron chi connectivity index (χ2n) is 5.44. The number of amides is 1. The summed E-state index contributed by atoms with van der Waals surface area (Å²) in [4.78, 5) is 20.1. The van der Waals surface area contributed by atoms with Gasteiger partial charge in [0.2, 0.25) is 0 Å². The topological polar surface area (TPSA) is 59.8 Å². The molecule has 0 aliphatic rings. The smallest absolute Gasteiger partial charge is 0.341 e. The standard InChI is InChI=1S/C19H13F3N4O/c20-19(21,22)16-5-1-3-14(11-16)4-2-8-24-18(27)15-6-7-17(25-12-15)26-10-9-23-13-26/h1,3,5-7,9-13H,8H2,(H,24,27). The van der Waals surface area contributed by atoms with Crippen molar-refractivity contribution in [3.8, 4) is 17.7 Å². The van der Waals surface area contributed by atoms with Gasteiger partial charge >= 0.3 is 6.18 Å². The molecule has 27 heavy (non-hydrogen) atoms. The third-order valence-corrected chi connectivity index (χ3v) is 3.54. The van der Waals surface area contributed by atoms with Crippen molar-refractivity contribution in [3.63, 3.8) is 0 Å². The lowest BCUT2D eigenvalue weighted by Gasteiger charge is -2.05. The van der Waals surface area contributed by atoms with Crippen LogP contribution in [0.25, 0.3) is 5.82 Å². The number of hydrogen-bond acceptors (Lipinski definition) is 3. The Balaban J connectivity index is 1.58. The number of benzene rings is 1. The van der Waals surface area contributed by atoms with Crippen molar-refractivity contribution in [2.24, 2.45) is 0 Å². The number of carbonyl (C=O) groups excluding carboxylic acids is 1. The molecule has 3 rings (SSSR count). The number of alkyl halides is 3. The molecule has 0 unspecified atom stereocenters. The van der Waals surface area contributed by atoms with Gasteiger partial charge < -0.3 is 5.32 Å². The van der Waals surface area contributed by atoms with Gasteiger partial charge in [-0.25, -0.2) is 9.97 Å². The highest BCUT2D eigenvalue weighted by molar-refractivity contribution is 5.94. The van der Waals surface area contributed by atoms with E-state index in [2.05, 4.69) is 27.1 Å². The van der Waals surface area contributed by atoms with Gasteiger partial charge in [0.1, 0.15) is 12.1 Å². The summed E-state index contributed by atoms with van der Waals surface area (Å²) in [6, 6.07) is 7.99. The molecule has 2 aromatic heterocycles. The van der Waals surface area contributed by atoms with Crippen LogP contribution in [0, 0.1) is 11.8 Å². The maximum Gasteiger partial charge on any atom is 0.416 e. The molecular weight excluding hydrogens is 357 g/mol. The fourth-order valence-corrected chi connectivity index (χ4v) is 2.21. The first-order valence-corrected chi connectivity index (χ1v) is 7.82. The van der Waals surface area contributed by atoms with Gasteiger partial charge in [0.15, 0.2) is 0 Å². The average molecular weight is 370 g/mol. The minimum absolute atomic E-state index is 0.00164. The van der Waals surface area contributed by atoms with Crippen molar-refractivity contribution in [1.29, 1.82) is 0 Å². The summed E-state index contributed by atoms with van der Waals surface area (Å²) in [7, 11) is 0. The van der Waals surface area contributed by atoms with Gasteiger partial charge in [-0.15, -0.1) is 0 Å². The van der Waals surface area contributed by atoms with Crippen LogP contribution in [0.3, 0.4) is 0 Å². The first-order chi connectivity index (χ1) is 12.9. The third-order valence-electron chi connectivity index (χ3n) is 3.54. The molecule has 3 aromatic rings. The zero-order valence-corrected chi connectivity index (χ0v) is 13.9. The van der Waals surface area contributed by atoms with Gasteiger partial charge in [-0.1, -0.05) is 17.9 Å². The molecule has 0 spiro atoms. The molecule has 1 amide bonds. The Kier molecular flexibility index (Phi) is 5.22. The summed E-state index contributed by atoms with van der Waals surface area (Å²) in [5.41, 5.74) is -0.187. The van der Waals surface area contributed by atoms with Gasteiger partial charge in [0.25, 0.3) is 5.91 Å². The first-order valence-electron chi connectivity index (χ1n) is 7.82. The highest BCUT2D eigenvalue weighted by atomic mass is 19.4. The predicted octanol–water partition coefficient (Wildman–Crippen LogP) is 3.07. The lowest BCUT2D eigenvalue weighted by Crippen LogP contribution is -2.23. The van der Waals surface area contributed by atoms with E-state index in [0.717, 1.165) is 12.1 Å². The fraction of sp³-hybridized carbons (Fsp3) is 0.105. The van der Waals surface area contributed by atoms with E-state index in [1.165, 1.54) is 18.3 Å². The largest absolute Gasteiger partial charge is 0.416 e. The van der Waals surface area contributed by atoms with Crippen LogP contribution in [-0.2, 0) is 6.18 Å². The highest BCUT2D eigenvalue weighted by Gasteiger charge is 2.30. The monoisotopic (exact) mass is 370 g/mol. The predicted molar refractivity (Wildman–Crippen MR) is 92.0 cm³/mol. The van der Waals surface area contributed by atoms with Crippen LogP contribution in [0.4, 0.5) is 13.2 Å². The molecule has 2 heterocycles. The van der Waals surface area contributed by atoms with E-state index in [0.29, 0.717) is 11.4 Å². The van der Waals surface area contributed by atoms with E-state index in [1.807, 2.05) is 0 Å². The van der Waals surface area contributed by atoms with E-state index in [-0.39, 0.29) is 18.0 Å². The number of aromatic nitrogens is 3. The Morgan fingerprint density at radius 2 is 2.07 bits per heavy atom. The molecule has 0 fully saturated rings. The number of pyridine rings is 1. The summed E-state index contributed by atoms with van der Waals surface area (Å²) >= 11 is 0. The maximum absolute atomic E-state index is 12.7. The maximum atomic E-state index is 12.7. The quantitative estimate of drug-likeness (QED) is 0.721. The number of carbonyl (C=O) groups is 1. The van der Waals surface area contributed by atoms with E-state index < -0.39 is 11.7 Å². The molecule has 0 saturated carbocycles. The number of imidazole rings is 1. The van der Waals surface area contributed by atoms with Gasteiger partial charge in [0, 0.05) is 24.2 Å². The van der Waals surface area contributed by atoms with Crippen LogP contribution in [0.5, 0.6) is 0 Å². The zero-order valence-electron chi connectivity index (χ0n) is 13.9. The van der Waals surface area contributed by atoms with Gasteiger partial charge in [-0.3, -0.25) is 9.36 Å². The van der Waals surface area contributed by atoms with E-state index in [1.54, 1.807) is 35.4 Å². The van der Waals surface area contributed by atoms with E-state index >= 15 is 0 Å². The molecule has 0 saturated heterocycles. The summed E-state index contributed by atoms with van der Waals surface area (Å²) in [5, 5.41) is 2.57. The lowest BCUT2D eigenvalue weighted by molar-refractivity contribution is -0.137. The summed E-state index contributed by atoms with van der Waals surface area (Å²) in [5.74, 6) is 5.48. The molecule has 0 aliphatic carbocycles. The van der Waals surface area contributed by atoms with Crippen molar-refractivity contribution in [3.05, 3.63) is 78.0 Å². The minimum atomic E-state index is -4.41. The molecule has 136 valence electrons. The van der Waals surface area contributed by atoms with Crippen molar-refractivity contribution in [2.75, 3.05) is 6.54 Å². The van der Waals surface area contributed by atoms with Crippen LogP contribution in [0.1, 0.15) is 21.5 Å². The number of halogens is 3. The Morgan fingerprint density at radius 3 is 2.74 bits per heavy atom. The summed E-state index contributed by atoms with van der Waals surface area (Å²) in [6.45, 7) is -0.00164. The van der Waals surface area contributed by atoms with E-state index in [9.17, 15) is 18.0 Å². The van der Waals surface area contributed by atoms with Crippen LogP contribution < -0.4 is 5.32 Å². The Bertz CT molecular complexity index is 984. The van der Waals surface area contributed by atoms with Gasteiger partial charge in [0.05, 0.1) is 17.7 Å². The molecule has 1 aromatic carbocycles. The average Bonchev–Trinajstić information content (AvgIpc) is 3.19. The SMILES string of the molecule is O=C(NCC#Cc1cccc(C(F)(F)F)c1)c1ccc(-n2ccnc2)nc1. The molecule has 8 heteroatoms. The van der Waals surface area contributed by atoms with Crippen molar-refractivity contribution < 1.29 is 18.0 Å². The Hall–Kier alpha value is -3.60. The molecular formula is C19H13F3N4O. The Labute approximate surface area is 152 Å². The minimum Gasteiger partial charge on any atom is -0.341 e. The molecule has 0 aliphatic heterocycles. The highest BCUT2D eigenvalue weighted by Crippen LogP contribution is 2.29. The molecule has 1 N–H and O–H groups in total. The number of rotatable bonds is 3.